The molecule has 1 aromatic heterocycles. The van der Waals surface area contributed by atoms with Crippen molar-refractivity contribution in [3.8, 4) is 11.3 Å². The fourth-order valence-electron chi connectivity index (χ4n) is 4.08. The van der Waals surface area contributed by atoms with Crippen LogP contribution in [-0.4, -0.2) is 51.8 Å². The zero-order valence-electron chi connectivity index (χ0n) is 15.0. The topological polar surface area (TPSA) is 75.8 Å². The van der Waals surface area contributed by atoms with Crippen molar-refractivity contribution in [3.63, 3.8) is 0 Å². The number of carbonyl (C=O) groups is 1. The highest BCUT2D eigenvalue weighted by atomic mass is 16.5. The second-order valence-electron chi connectivity index (χ2n) is 7.69. The normalized spacial score (nSPS) is 25.4. The highest BCUT2D eigenvalue weighted by Gasteiger charge is 2.44. The minimum atomic E-state index is -0.666. The number of nitrogens with zero attached hydrogens (tertiary/aromatic N) is 2. The summed E-state index contributed by atoms with van der Waals surface area (Å²) in [5.41, 5.74) is 0.616. The SMILES string of the molecule is CC1(O)CCOC2(CCN(C(=O)c3ccc(-c4cnco4)cc3)CC2)C1. The number of likely N-dealkylation sites (tertiary alicyclic amines) is 1. The molecule has 1 N–H and O–H groups in total. The summed E-state index contributed by atoms with van der Waals surface area (Å²) in [7, 11) is 0. The standard InChI is InChI=1S/C20H24N2O4/c1-19(24)8-11-26-20(13-19)6-9-22(10-7-20)18(23)16-4-2-15(3-5-16)17-12-21-14-25-17/h2-5,12,14,24H,6-11,13H2,1H3. The summed E-state index contributed by atoms with van der Waals surface area (Å²) in [5, 5.41) is 10.4. The van der Waals surface area contributed by atoms with Crippen LogP contribution >= 0.6 is 0 Å². The first-order chi connectivity index (χ1) is 12.5. The van der Waals surface area contributed by atoms with Crippen LogP contribution in [0.2, 0.25) is 0 Å². The molecule has 1 amide bonds. The zero-order chi connectivity index (χ0) is 18.2. The van der Waals surface area contributed by atoms with Gasteiger partial charge in [0.1, 0.15) is 0 Å². The molecule has 6 heteroatoms. The van der Waals surface area contributed by atoms with Crippen molar-refractivity contribution in [1.82, 2.24) is 9.88 Å². The van der Waals surface area contributed by atoms with E-state index in [9.17, 15) is 9.90 Å². The quantitative estimate of drug-likeness (QED) is 0.895. The number of aromatic nitrogens is 1. The molecule has 4 rings (SSSR count). The fraction of sp³-hybridized carbons (Fsp3) is 0.500. The first-order valence-electron chi connectivity index (χ1n) is 9.11. The summed E-state index contributed by atoms with van der Waals surface area (Å²) < 4.78 is 11.3. The monoisotopic (exact) mass is 356 g/mol. The smallest absolute Gasteiger partial charge is 0.253 e. The van der Waals surface area contributed by atoms with Crippen molar-refractivity contribution in [2.75, 3.05) is 19.7 Å². The van der Waals surface area contributed by atoms with E-state index in [1.807, 2.05) is 36.1 Å². The first kappa shape index (κ1) is 17.2. The molecule has 2 aromatic rings. The van der Waals surface area contributed by atoms with Crippen LogP contribution in [0, 0.1) is 0 Å². The molecule has 0 saturated carbocycles. The van der Waals surface area contributed by atoms with E-state index in [4.69, 9.17) is 9.15 Å². The van der Waals surface area contributed by atoms with E-state index < -0.39 is 5.60 Å². The van der Waals surface area contributed by atoms with Crippen molar-refractivity contribution < 1.29 is 19.1 Å². The van der Waals surface area contributed by atoms with E-state index in [1.165, 1.54) is 6.39 Å². The highest BCUT2D eigenvalue weighted by Crippen LogP contribution is 2.39. The van der Waals surface area contributed by atoms with Crippen LogP contribution in [-0.2, 0) is 4.74 Å². The molecule has 2 aliphatic rings. The molecular weight excluding hydrogens is 332 g/mol. The average Bonchev–Trinajstić information content (AvgIpc) is 3.16. The third kappa shape index (κ3) is 3.39. The fourth-order valence-corrected chi connectivity index (χ4v) is 4.08. The van der Waals surface area contributed by atoms with Crippen LogP contribution in [0.5, 0.6) is 0 Å². The summed E-state index contributed by atoms with van der Waals surface area (Å²) in [6.45, 7) is 3.77. The lowest BCUT2D eigenvalue weighted by molar-refractivity contribution is -0.170. The second kappa shape index (κ2) is 6.52. The Kier molecular flexibility index (Phi) is 4.32. The minimum Gasteiger partial charge on any atom is -0.444 e. The van der Waals surface area contributed by atoms with Crippen LogP contribution in [0.25, 0.3) is 11.3 Å². The molecule has 0 bridgehead atoms. The Balaban J connectivity index is 1.41. The van der Waals surface area contributed by atoms with Crippen LogP contribution in [0.3, 0.4) is 0 Å². The Bertz CT molecular complexity index is 760. The summed E-state index contributed by atoms with van der Waals surface area (Å²) in [5.74, 6) is 0.719. The van der Waals surface area contributed by atoms with E-state index in [0.717, 1.165) is 18.4 Å². The third-order valence-corrected chi connectivity index (χ3v) is 5.56. The lowest BCUT2D eigenvalue weighted by Crippen LogP contribution is -2.54. The number of benzene rings is 1. The van der Waals surface area contributed by atoms with Crippen LogP contribution in [0.4, 0.5) is 0 Å². The van der Waals surface area contributed by atoms with Gasteiger partial charge in [-0.2, -0.15) is 0 Å². The summed E-state index contributed by atoms with van der Waals surface area (Å²) in [4.78, 5) is 18.6. The van der Waals surface area contributed by atoms with Gasteiger partial charge in [-0.25, -0.2) is 4.98 Å². The van der Waals surface area contributed by atoms with Gasteiger partial charge in [-0.3, -0.25) is 4.79 Å². The van der Waals surface area contributed by atoms with Gasteiger partial charge < -0.3 is 19.2 Å². The molecule has 2 aliphatic heterocycles. The molecule has 1 unspecified atom stereocenters. The molecule has 2 saturated heterocycles. The van der Waals surface area contributed by atoms with Gasteiger partial charge in [0.05, 0.1) is 24.0 Å². The molecule has 1 atom stereocenters. The lowest BCUT2D eigenvalue weighted by atomic mass is 9.78. The van der Waals surface area contributed by atoms with Gasteiger partial charge in [0.15, 0.2) is 12.2 Å². The molecule has 1 aromatic carbocycles. The number of amides is 1. The Morgan fingerprint density at radius 3 is 2.54 bits per heavy atom. The minimum absolute atomic E-state index is 0.0338. The van der Waals surface area contributed by atoms with Crippen molar-refractivity contribution in [3.05, 3.63) is 42.4 Å². The zero-order valence-corrected chi connectivity index (χ0v) is 15.0. The van der Waals surface area contributed by atoms with E-state index in [-0.39, 0.29) is 11.5 Å². The molecular formula is C20H24N2O4. The number of oxazole rings is 1. The maximum atomic E-state index is 12.8. The van der Waals surface area contributed by atoms with Gasteiger partial charge in [-0.1, -0.05) is 12.1 Å². The molecule has 26 heavy (non-hydrogen) atoms. The number of ether oxygens (including phenoxy) is 1. The van der Waals surface area contributed by atoms with Crippen LogP contribution < -0.4 is 0 Å². The number of hydrogen-bond acceptors (Lipinski definition) is 5. The van der Waals surface area contributed by atoms with Gasteiger partial charge in [-0.05, 0) is 38.3 Å². The van der Waals surface area contributed by atoms with E-state index in [1.54, 1.807) is 6.20 Å². The van der Waals surface area contributed by atoms with Crippen molar-refractivity contribution >= 4 is 5.91 Å². The predicted octanol–water partition coefficient (Wildman–Crippen LogP) is 2.88. The third-order valence-electron chi connectivity index (χ3n) is 5.56. The van der Waals surface area contributed by atoms with Crippen LogP contribution in [0.1, 0.15) is 43.0 Å². The van der Waals surface area contributed by atoms with E-state index in [2.05, 4.69) is 4.98 Å². The lowest BCUT2D eigenvalue weighted by Gasteiger charge is -2.48. The second-order valence-corrected chi connectivity index (χ2v) is 7.69. The molecule has 2 fully saturated rings. The van der Waals surface area contributed by atoms with E-state index >= 15 is 0 Å². The Labute approximate surface area is 152 Å². The Morgan fingerprint density at radius 1 is 1.19 bits per heavy atom. The van der Waals surface area contributed by atoms with Gasteiger partial charge in [0, 0.05) is 30.6 Å². The maximum Gasteiger partial charge on any atom is 0.253 e. The number of piperidine rings is 1. The molecule has 1 spiro atoms. The van der Waals surface area contributed by atoms with Crippen LogP contribution in [0.15, 0.2) is 41.3 Å². The average molecular weight is 356 g/mol. The van der Waals surface area contributed by atoms with Gasteiger partial charge >= 0.3 is 0 Å². The summed E-state index contributed by atoms with van der Waals surface area (Å²) in [6, 6.07) is 7.40. The number of aliphatic hydroxyl groups is 1. The largest absolute Gasteiger partial charge is 0.444 e. The molecule has 0 aliphatic carbocycles. The van der Waals surface area contributed by atoms with Gasteiger partial charge in [-0.15, -0.1) is 0 Å². The maximum absolute atomic E-state index is 12.8. The molecule has 138 valence electrons. The molecule has 6 nitrogen and oxygen atoms in total. The summed E-state index contributed by atoms with van der Waals surface area (Å²) in [6.07, 6.45) is 5.90. The van der Waals surface area contributed by atoms with Gasteiger partial charge in [0.2, 0.25) is 0 Å². The number of carbonyl (C=O) groups excluding carboxylic acids is 1. The Hall–Kier alpha value is -2.18. The van der Waals surface area contributed by atoms with Crippen molar-refractivity contribution in [1.29, 1.82) is 0 Å². The number of rotatable bonds is 2. The molecule has 0 radical (unpaired) electrons. The van der Waals surface area contributed by atoms with Crippen molar-refractivity contribution in [2.24, 2.45) is 0 Å². The first-order valence-corrected chi connectivity index (χ1v) is 9.11. The number of hydrogen-bond donors (Lipinski definition) is 1. The van der Waals surface area contributed by atoms with Crippen molar-refractivity contribution in [2.45, 2.75) is 43.8 Å². The Morgan fingerprint density at radius 2 is 1.92 bits per heavy atom. The van der Waals surface area contributed by atoms with Gasteiger partial charge in [0.25, 0.3) is 5.91 Å². The summed E-state index contributed by atoms with van der Waals surface area (Å²) >= 11 is 0. The highest BCUT2D eigenvalue weighted by molar-refractivity contribution is 5.94. The molecule has 3 heterocycles. The predicted molar refractivity (Wildman–Crippen MR) is 95.6 cm³/mol. The van der Waals surface area contributed by atoms with E-state index in [0.29, 0.717) is 43.9 Å².